The van der Waals surface area contributed by atoms with Gasteiger partial charge >= 0.3 is 0 Å². The van der Waals surface area contributed by atoms with E-state index in [-0.39, 0.29) is 0 Å². The molecule has 0 amide bonds. The minimum atomic E-state index is 0.812. The molecule has 2 nitrogen and oxygen atoms in total. The molecule has 70 valence electrons. The lowest BCUT2D eigenvalue weighted by Crippen LogP contribution is -2.42. The van der Waals surface area contributed by atoms with Crippen LogP contribution in [0.5, 0.6) is 0 Å². The van der Waals surface area contributed by atoms with E-state index in [4.69, 9.17) is 0 Å². The highest BCUT2D eigenvalue weighted by Gasteiger charge is 2.19. The van der Waals surface area contributed by atoms with Crippen molar-refractivity contribution in [1.82, 2.24) is 10.6 Å². The molecule has 1 aliphatic heterocycles. The molecule has 1 heterocycles. The van der Waals surface area contributed by atoms with Crippen LogP contribution >= 0.6 is 0 Å². The van der Waals surface area contributed by atoms with Gasteiger partial charge in [-0.15, -0.1) is 0 Å². The third-order valence-corrected chi connectivity index (χ3v) is 3.26. The number of hydrogen-bond acceptors (Lipinski definition) is 2. The molecule has 1 aliphatic carbocycles. The first kappa shape index (κ1) is 8.52. The Labute approximate surface area is 75.1 Å². The first-order valence-corrected chi connectivity index (χ1v) is 5.39. The van der Waals surface area contributed by atoms with E-state index >= 15 is 0 Å². The summed E-state index contributed by atoms with van der Waals surface area (Å²) in [5.74, 6) is 1.01. The Bertz CT molecular complexity index is 126. The first-order valence-electron chi connectivity index (χ1n) is 5.39. The van der Waals surface area contributed by atoms with E-state index in [9.17, 15) is 0 Å². The molecular weight excluding hydrogens is 148 g/mol. The Morgan fingerprint density at radius 3 is 2.42 bits per heavy atom. The average molecular weight is 168 g/mol. The van der Waals surface area contributed by atoms with Crippen molar-refractivity contribution in [3.05, 3.63) is 0 Å². The zero-order valence-electron chi connectivity index (χ0n) is 7.81. The van der Waals surface area contributed by atoms with Gasteiger partial charge in [-0.2, -0.15) is 0 Å². The molecule has 0 spiro atoms. The lowest BCUT2D eigenvalue weighted by atomic mass is 9.85. The summed E-state index contributed by atoms with van der Waals surface area (Å²) in [6.45, 7) is 3.70. The Balaban J connectivity index is 1.58. The van der Waals surface area contributed by atoms with Gasteiger partial charge in [-0.3, -0.25) is 0 Å². The minimum absolute atomic E-state index is 0.812. The van der Waals surface area contributed by atoms with Crippen molar-refractivity contribution in [2.24, 2.45) is 5.92 Å². The number of nitrogens with one attached hydrogen (secondary N) is 2. The van der Waals surface area contributed by atoms with Gasteiger partial charge in [0.2, 0.25) is 0 Å². The summed E-state index contributed by atoms with van der Waals surface area (Å²) >= 11 is 0. The van der Waals surface area contributed by atoms with E-state index in [1.807, 2.05) is 0 Å². The van der Waals surface area contributed by atoms with Crippen LogP contribution in [0.4, 0.5) is 0 Å². The van der Waals surface area contributed by atoms with Gasteiger partial charge in [0, 0.05) is 6.04 Å². The zero-order valence-corrected chi connectivity index (χ0v) is 7.81. The monoisotopic (exact) mass is 168 g/mol. The molecule has 2 fully saturated rings. The summed E-state index contributed by atoms with van der Waals surface area (Å²) < 4.78 is 0. The highest BCUT2D eigenvalue weighted by atomic mass is 15.0. The molecule has 2 aliphatic rings. The summed E-state index contributed by atoms with van der Waals surface area (Å²) in [6, 6.07) is 0.812. The van der Waals surface area contributed by atoms with Crippen molar-refractivity contribution in [3.8, 4) is 0 Å². The van der Waals surface area contributed by atoms with Crippen molar-refractivity contribution in [2.45, 2.75) is 38.1 Å². The van der Waals surface area contributed by atoms with Crippen molar-refractivity contribution >= 4 is 0 Å². The van der Waals surface area contributed by atoms with Crippen LogP contribution in [-0.4, -0.2) is 25.7 Å². The van der Waals surface area contributed by atoms with Gasteiger partial charge in [-0.25, -0.2) is 0 Å². The molecule has 0 aromatic rings. The summed E-state index contributed by atoms with van der Waals surface area (Å²) in [5, 5.41) is 7.07. The van der Waals surface area contributed by atoms with Crippen LogP contribution < -0.4 is 10.6 Å². The van der Waals surface area contributed by atoms with E-state index in [1.54, 1.807) is 0 Å². The maximum absolute atomic E-state index is 3.68. The van der Waals surface area contributed by atoms with Gasteiger partial charge in [0.15, 0.2) is 0 Å². The third-order valence-electron chi connectivity index (χ3n) is 3.26. The fourth-order valence-corrected chi connectivity index (χ4v) is 2.06. The summed E-state index contributed by atoms with van der Waals surface area (Å²) in [5.41, 5.74) is 0. The van der Waals surface area contributed by atoms with Gasteiger partial charge in [-0.1, -0.05) is 6.42 Å². The smallest absolute Gasteiger partial charge is 0.00913 e. The summed E-state index contributed by atoms with van der Waals surface area (Å²) in [4.78, 5) is 0. The van der Waals surface area contributed by atoms with Crippen LogP contribution in [0.1, 0.15) is 32.1 Å². The molecular formula is C10H20N2. The minimum Gasteiger partial charge on any atom is -0.317 e. The highest BCUT2D eigenvalue weighted by Crippen LogP contribution is 2.25. The van der Waals surface area contributed by atoms with Crippen LogP contribution in [0, 0.1) is 5.92 Å². The molecule has 1 saturated carbocycles. The fourth-order valence-electron chi connectivity index (χ4n) is 2.06. The van der Waals surface area contributed by atoms with E-state index in [0.717, 1.165) is 12.0 Å². The van der Waals surface area contributed by atoms with E-state index in [2.05, 4.69) is 10.6 Å². The van der Waals surface area contributed by atoms with Gasteiger partial charge in [0.1, 0.15) is 0 Å². The average Bonchev–Trinajstić information content (AvgIpc) is 2.04. The van der Waals surface area contributed by atoms with E-state index < -0.39 is 0 Å². The lowest BCUT2D eigenvalue weighted by Gasteiger charge is -2.30. The maximum atomic E-state index is 3.68. The number of rotatable bonds is 3. The van der Waals surface area contributed by atoms with E-state index in [0.29, 0.717) is 0 Å². The van der Waals surface area contributed by atoms with Crippen molar-refractivity contribution in [2.75, 3.05) is 19.6 Å². The number of hydrogen-bond donors (Lipinski definition) is 2. The zero-order chi connectivity index (χ0) is 8.23. The van der Waals surface area contributed by atoms with Crippen LogP contribution in [-0.2, 0) is 0 Å². The Hall–Kier alpha value is -0.0800. The van der Waals surface area contributed by atoms with Crippen molar-refractivity contribution in [3.63, 3.8) is 0 Å². The lowest BCUT2D eigenvalue weighted by molar-refractivity contribution is 0.274. The Morgan fingerprint density at radius 1 is 1.08 bits per heavy atom. The molecule has 0 bridgehead atoms. The molecule has 12 heavy (non-hydrogen) atoms. The predicted octanol–water partition coefficient (Wildman–Crippen LogP) is 1.13. The topological polar surface area (TPSA) is 24.1 Å². The van der Waals surface area contributed by atoms with Crippen LogP contribution in [0.15, 0.2) is 0 Å². The summed E-state index contributed by atoms with van der Waals surface area (Å²) in [6.07, 6.45) is 7.06. The molecule has 0 aromatic carbocycles. The summed E-state index contributed by atoms with van der Waals surface area (Å²) in [7, 11) is 0. The van der Waals surface area contributed by atoms with Gasteiger partial charge in [0.25, 0.3) is 0 Å². The first-order chi connectivity index (χ1) is 5.95. The van der Waals surface area contributed by atoms with E-state index in [1.165, 1.54) is 51.7 Å². The van der Waals surface area contributed by atoms with Crippen molar-refractivity contribution in [1.29, 1.82) is 0 Å². The SMILES string of the molecule is C1CC(CNC2CCNCC2)C1. The largest absolute Gasteiger partial charge is 0.317 e. The molecule has 2 heteroatoms. The molecule has 0 aromatic heterocycles. The normalized spacial score (nSPS) is 27.0. The molecule has 0 atom stereocenters. The standard InChI is InChI=1S/C10H20N2/c1-2-9(3-1)8-12-10-4-6-11-7-5-10/h9-12H,1-8H2. The number of piperidine rings is 1. The second-order valence-corrected chi connectivity index (χ2v) is 4.23. The van der Waals surface area contributed by atoms with Crippen LogP contribution in [0.2, 0.25) is 0 Å². The predicted molar refractivity (Wildman–Crippen MR) is 51.2 cm³/mol. The quantitative estimate of drug-likeness (QED) is 0.660. The second kappa shape index (κ2) is 4.24. The molecule has 2 N–H and O–H groups in total. The molecule has 2 rings (SSSR count). The molecule has 1 saturated heterocycles. The van der Waals surface area contributed by atoms with Gasteiger partial charge in [-0.05, 0) is 51.2 Å². The fraction of sp³-hybridized carbons (Fsp3) is 1.00. The highest BCUT2D eigenvalue weighted by molar-refractivity contribution is 4.78. The third kappa shape index (κ3) is 2.20. The van der Waals surface area contributed by atoms with Crippen molar-refractivity contribution < 1.29 is 0 Å². The second-order valence-electron chi connectivity index (χ2n) is 4.23. The van der Waals surface area contributed by atoms with Gasteiger partial charge < -0.3 is 10.6 Å². The van der Waals surface area contributed by atoms with Crippen LogP contribution in [0.25, 0.3) is 0 Å². The van der Waals surface area contributed by atoms with Crippen LogP contribution in [0.3, 0.4) is 0 Å². The molecule has 0 radical (unpaired) electrons. The van der Waals surface area contributed by atoms with Gasteiger partial charge in [0.05, 0.1) is 0 Å². The Kier molecular flexibility index (Phi) is 3.01. The Morgan fingerprint density at radius 2 is 1.83 bits per heavy atom. The maximum Gasteiger partial charge on any atom is 0.00913 e. The molecule has 0 unspecified atom stereocenters.